The summed E-state index contributed by atoms with van der Waals surface area (Å²) < 4.78 is 13.1. The molecule has 19 heavy (non-hydrogen) atoms. The number of rotatable bonds is 5. The highest BCUT2D eigenvalue weighted by Gasteiger charge is 2.03. The van der Waals surface area contributed by atoms with Gasteiger partial charge in [-0.3, -0.25) is 4.90 Å². The Balaban J connectivity index is 1.95. The number of hydrogen-bond acceptors (Lipinski definition) is 2. The molecule has 3 heteroatoms. The monoisotopic (exact) mass is 258 g/mol. The van der Waals surface area contributed by atoms with E-state index in [9.17, 15) is 4.39 Å². The largest absolute Gasteiger partial charge is 0.388 e. The van der Waals surface area contributed by atoms with E-state index in [2.05, 4.69) is 34.5 Å². The molecular formula is C16H19FN2. The van der Waals surface area contributed by atoms with Gasteiger partial charge in [0.05, 0.1) is 0 Å². The number of nitrogens with one attached hydrogen (secondary N) is 1. The number of anilines is 1. The Kier molecular flexibility index (Phi) is 4.53. The average Bonchev–Trinajstić information content (AvgIpc) is 2.39. The van der Waals surface area contributed by atoms with Crippen LogP contribution < -0.4 is 5.32 Å². The molecule has 2 rings (SSSR count). The van der Waals surface area contributed by atoms with Crippen molar-refractivity contribution in [3.63, 3.8) is 0 Å². The van der Waals surface area contributed by atoms with Gasteiger partial charge in [-0.05, 0) is 42.4 Å². The van der Waals surface area contributed by atoms with Crippen LogP contribution in [0.4, 0.5) is 10.1 Å². The van der Waals surface area contributed by atoms with Crippen LogP contribution in [0.15, 0.2) is 48.5 Å². The molecule has 100 valence electrons. The molecule has 0 aromatic heterocycles. The quantitative estimate of drug-likeness (QED) is 0.883. The van der Waals surface area contributed by atoms with Gasteiger partial charge in [0, 0.05) is 25.8 Å². The van der Waals surface area contributed by atoms with Crippen molar-refractivity contribution in [2.75, 3.05) is 19.4 Å². The maximum Gasteiger partial charge on any atom is 0.123 e. The maximum atomic E-state index is 13.1. The summed E-state index contributed by atoms with van der Waals surface area (Å²) in [7, 11) is 3.95. The van der Waals surface area contributed by atoms with Crippen molar-refractivity contribution in [3.8, 4) is 0 Å². The Bertz CT molecular complexity index is 523. The third kappa shape index (κ3) is 4.07. The van der Waals surface area contributed by atoms with Gasteiger partial charge in [-0.15, -0.1) is 0 Å². The van der Waals surface area contributed by atoms with Gasteiger partial charge in [0.2, 0.25) is 0 Å². The minimum Gasteiger partial charge on any atom is -0.388 e. The van der Waals surface area contributed by atoms with Crippen LogP contribution in [0.25, 0.3) is 0 Å². The molecule has 2 aromatic rings. The zero-order valence-corrected chi connectivity index (χ0v) is 11.4. The molecule has 0 radical (unpaired) electrons. The van der Waals surface area contributed by atoms with Crippen LogP contribution in [0.2, 0.25) is 0 Å². The van der Waals surface area contributed by atoms with Crippen molar-refractivity contribution in [2.45, 2.75) is 13.1 Å². The highest BCUT2D eigenvalue weighted by Crippen LogP contribution is 2.12. The molecule has 0 aliphatic carbocycles. The highest BCUT2D eigenvalue weighted by molar-refractivity contribution is 5.43. The van der Waals surface area contributed by atoms with Gasteiger partial charge < -0.3 is 5.32 Å². The van der Waals surface area contributed by atoms with Crippen molar-refractivity contribution >= 4 is 5.69 Å². The van der Waals surface area contributed by atoms with Crippen molar-refractivity contribution in [1.29, 1.82) is 0 Å². The molecule has 0 bridgehead atoms. The van der Waals surface area contributed by atoms with Gasteiger partial charge in [0.15, 0.2) is 0 Å². The Hall–Kier alpha value is -1.87. The van der Waals surface area contributed by atoms with E-state index >= 15 is 0 Å². The van der Waals surface area contributed by atoms with Crippen molar-refractivity contribution in [1.82, 2.24) is 4.90 Å². The third-order valence-electron chi connectivity index (χ3n) is 3.04. The van der Waals surface area contributed by atoms with E-state index in [4.69, 9.17) is 0 Å². The molecule has 0 amide bonds. The summed E-state index contributed by atoms with van der Waals surface area (Å²) in [4.78, 5) is 2.17. The molecule has 0 fully saturated rings. The van der Waals surface area contributed by atoms with E-state index in [1.807, 2.05) is 20.2 Å². The second-order valence-corrected chi connectivity index (χ2v) is 4.75. The fourth-order valence-corrected chi connectivity index (χ4v) is 2.09. The number of halogens is 1. The minimum absolute atomic E-state index is 0.177. The first-order chi connectivity index (χ1) is 9.17. The summed E-state index contributed by atoms with van der Waals surface area (Å²) in [5.74, 6) is -0.177. The van der Waals surface area contributed by atoms with E-state index in [0.717, 1.165) is 24.3 Å². The van der Waals surface area contributed by atoms with Gasteiger partial charge >= 0.3 is 0 Å². The van der Waals surface area contributed by atoms with Crippen LogP contribution in [-0.4, -0.2) is 19.0 Å². The second kappa shape index (κ2) is 6.34. The zero-order chi connectivity index (χ0) is 13.7. The molecule has 2 aromatic carbocycles. The summed E-state index contributed by atoms with van der Waals surface area (Å²) in [6.45, 7) is 1.59. The average molecular weight is 258 g/mol. The van der Waals surface area contributed by atoms with E-state index in [0.29, 0.717) is 0 Å². The Morgan fingerprint density at radius 2 is 1.68 bits per heavy atom. The summed E-state index contributed by atoms with van der Waals surface area (Å²) in [5.41, 5.74) is 3.35. The molecule has 0 heterocycles. The van der Waals surface area contributed by atoms with Gasteiger partial charge in [-0.25, -0.2) is 4.39 Å². The molecule has 0 unspecified atom stereocenters. The smallest absolute Gasteiger partial charge is 0.123 e. The van der Waals surface area contributed by atoms with Crippen molar-refractivity contribution in [3.05, 3.63) is 65.5 Å². The summed E-state index contributed by atoms with van der Waals surface area (Å²) >= 11 is 0. The van der Waals surface area contributed by atoms with Crippen LogP contribution in [0.3, 0.4) is 0 Å². The normalized spacial score (nSPS) is 10.7. The standard InChI is InChI=1S/C16H19FN2/c1-18-16-8-6-13(7-9-16)11-19(2)12-14-4-3-5-15(17)10-14/h3-10,18H,11-12H2,1-2H3. The maximum absolute atomic E-state index is 13.1. The molecule has 0 aliphatic rings. The molecule has 0 saturated heterocycles. The molecule has 2 nitrogen and oxygen atoms in total. The van der Waals surface area contributed by atoms with Crippen molar-refractivity contribution in [2.24, 2.45) is 0 Å². The first kappa shape index (κ1) is 13.6. The van der Waals surface area contributed by atoms with Gasteiger partial charge in [0.1, 0.15) is 5.82 Å². The lowest BCUT2D eigenvalue weighted by atomic mass is 10.1. The third-order valence-corrected chi connectivity index (χ3v) is 3.04. The molecule has 0 atom stereocenters. The first-order valence-electron chi connectivity index (χ1n) is 6.37. The van der Waals surface area contributed by atoms with Crippen molar-refractivity contribution < 1.29 is 4.39 Å². The highest BCUT2D eigenvalue weighted by atomic mass is 19.1. The SMILES string of the molecule is CNc1ccc(CN(C)Cc2cccc(F)c2)cc1. The first-order valence-corrected chi connectivity index (χ1v) is 6.37. The van der Waals surface area contributed by atoms with E-state index in [1.165, 1.54) is 11.6 Å². The zero-order valence-electron chi connectivity index (χ0n) is 11.4. The fraction of sp³-hybridized carbons (Fsp3) is 0.250. The lowest BCUT2D eigenvalue weighted by Gasteiger charge is -2.17. The summed E-state index contributed by atoms with van der Waals surface area (Å²) in [6.07, 6.45) is 0. The predicted molar refractivity (Wildman–Crippen MR) is 77.6 cm³/mol. The predicted octanol–water partition coefficient (Wildman–Crippen LogP) is 3.50. The van der Waals surface area contributed by atoms with Crippen LogP contribution in [0, 0.1) is 5.82 Å². The number of hydrogen-bond donors (Lipinski definition) is 1. The van der Waals surface area contributed by atoms with E-state index in [1.54, 1.807) is 12.1 Å². The van der Waals surface area contributed by atoms with E-state index < -0.39 is 0 Å². The lowest BCUT2D eigenvalue weighted by Crippen LogP contribution is -2.17. The Labute approximate surface area is 113 Å². The van der Waals surface area contributed by atoms with E-state index in [-0.39, 0.29) is 5.82 Å². The van der Waals surface area contributed by atoms with Crippen LogP contribution >= 0.6 is 0 Å². The number of benzene rings is 2. The van der Waals surface area contributed by atoms with Crippen LogP contribution in [0.5, 0.6) is 0 Å². The topological polar surface area (TPSA) is 15.3 Å². The fourth-order valence-electron chi connectivity index (χ4n) is 2.09. The molecule has 0 spiro atoms. The van der Waals surface area contributed by atoms with Gasteiger partial charge in [-0.1, -0.05) is 24.3 Å². The summed E-state index contributed by atoms with van der Waals surface area (Å²) in [6, 6.07) is 15.1. The second-order valence-electron chi connectivity index (χ2n) is 4.75. The molecule has 1 N–H and O–H groups in total. The minimum atomic E-state index is -0.177. The summed E-state index contributed by atoms with van der Waals surface area (Å²) in [5, 5.41) is 3.10. The Morgan fingerprint density at radius 3 is 2.32 bits per heavy atom. The molecule has 0 aliphatic heterocycles. The van der Waals surface area contributed by atoms with Gasteiger partial charge in [-0.2, -0.15) is 0 Å². The lowest BCUT2D eigenvalue weighted by molar-refractivity contribution is 0.318. The van der Waals surface area contributed by atoms with Crippen LogP contribution in [-0.2, 0) is 13.1 Å². The Morgan fingerprint density at radius 1 is 1.00 bits per heavy atom. The number of nitrogens with zero attached hydrogens (tertiary/aromatic N) is 1. The van der Waals surface area contributed by atoms with Gasteiger partial charge in [0.25, 0.3) is 0 Å². The molecule has 0 saturated carbocycles. The molecular weight excluding hydrogens is 239 g/mol. The van der Waals surface area contributed by atoms with Crippen LogP contribution in [0.1, 0.15) is 11.1 Å².